The number of aromatic nitrogens is 2. The molecule has 3 nitrogen and oxygen atoms in total. The van der Waals surface area contributed by atoms with Crippen LogP contribution in [0.1, 0.15) is 16.1 Å². The number of hydrogen-bond donors (Lipinski definition) is 1. The van der Waals surface area contributed by atoms with Gasteiger partial charge in [-0.1, -0.05) is 24.3 Å². The van der Waals surface area contributed by atoms with Crippen LogP contribution in [0.15, 0.2) is 30.6 Å². The number of carbonyl (C=O) groups is 1. The van der Waals surface area contributed by atoms with E-state index in [4.69, 9.17) is 0 Å². The van der Waals surface area contributed by atoms with Crippen molar-refractivity contribution in [1.82, 2.24) is 9.97 Å². The number of imidazole rings is 1. The molecule has 1 aliphatic carbocycles. The number of rotatable bonds is 0. The van der Waals surface area contributed by atoms with Gasteiger partial charge in [-0.3, -0.25) is 4.79 Å². The topological polar surface area (TPSA) is 45.8 Å². The van der Waals surface area contributed by atoms with Gasteiger partial charge in [0.25, 0.3) is 0 Å². The standard InChI is InChI=1S/C10H6N2O/c13-10-7-4-2-1-3-6(7)8-9(10)12-5-11-8/h1-5H,(H,11,12). The molecule has 1 N–H and O–H groups in total. The molecule has 0 unspecified atom stereocenters. The van der Waals surface area contributed by atoms with Crippen molar-refractivity contribution in [3.63, 3.8) is 0 Å². The second-order valence-corrected chi connectivity index (χ2v) is 3.00. The van der Waals surface area contributed by atoms with Crippen molar-refractivity contribution in [2.24, 2.45) is 0 Å². The molecule has 1 aliphatic rings. The van der Waals surface area contributed by atoms with Crippen molar-refractivity contribution in [1.29, 1.82) is 0 Å². The Balaban J connectivity index is 2.43. The molecule has 1 aromatic heterocycles. The summed E-state index contributed by atoms with van der Waals surface area (Å²) in [5.74, 6) is 0.0445. The van der Waals surface area contributed by atoms with Crippen LogP contribution >= 0.6 is 0 Å². The summed E-state index contributed by atoms with van der Waals surface area (Å²) in [6, 6.07) is 7.52. The molecule has 1 aromatic carbocycles. The fourth-order valence-electron chi connectivity index (χ4n) is 1.69. The summed E-state index contributed by atoms with van der Waals surface area (Å²) < 4.78 is 0. The molecule has 0 aliphatic heterocycles. The van der Waals surface area contributed by atoms with Gasteiger partial charge in [0.2, 0.25) is 5.78 Å². The average Bonchev–Trinajstić information content (AvgIpc) is 2.72. The molecule has 13 heavy (non-hydrogen) atoms. The zero-order chi connectivity index (χ0) is 8.84. The maximum Gasteiger partial charge on any atom is 0.212 e. The van der Waals surface area contributed by atoms with E-state index in [1.54, 1.807) is 6.33 Å². The Morgan fingerprint density at radius 1 is 1.15 bits per heavy atom. The van der Waals surface area contributed by atoms with Gasteiger partial charge in [0.1, 0.15) is 11.4 Å². The van der Waals surface area contributed by atoms with E-state index in [-0.39, 0.29) is 5.78 Å². The number of fused-ring (bicyclic) bond motifs is 3. The molecule has 0 amide bonds. The minimum atomic E-state index is 0.0445. The lowest BCUT2D eigenvalue weighted by molar-refractivity contribution is 0.103. The van der Waals surface area contributed by atoms with Crippen molar-refractivity contribution < 1.29 is 4.79 Å². The zero-order valence-corrected chi connectivity index (χ0v) is 6.74. The Bertz CT molecular complexity index is 499. The van der Waals surface area contributed by atoms with E-state index in [1.165, 1.54) is 0 Å². The number of hydrogen-bond acceptors (Lipinski definition) is 2. The Hall–Kier alpha value is -1.90. The van der Waals surface area contributed by atoms with E-state index >= 15 is 0 Å². The van der Waals surface area contributed by atoms with Crippen molar-refractivity contribution >= 4 is 5.78 Å². The summed E-state index contributed by atoms with van der Waals surface area (Å²) in [4.78, 5) is 18.6. The molecule has 0 saturated carbocycles. The van der Waals surface area contributed by atoms with Gasteiger partial charge in [0, 0.05) is 11.1 Å². The van der Waals surface area contributed by atoms with Gasteiger partial charge in [-0.2, -0.15) is 0 Å². The van der Waals surface area contributed by atoms with Gasteiger partial charge in [-0.15, -0.1) is 0 Å². The molecule has 2 aromatic rings. The molecule has 3 heteroatoms. The normalized spacial score (nSPS) is 12.8. The first-order valence-electron chi connectivity index (χ1n) is 4.05. The van der Waals surface area contributed by atoms with Crippen LogP contribution < -0.4 is 0 Å². The highest BCUT2D eigenvalue weighted by molar-refractivity contribution is 6.19. The first-order valence-corrected chi connectivity index (χ1v) is 4.05. The summed E-state index contributed by atoms with van der Waals surface area (Å²) in [5.41, 5.74) is 3.07. The number of nitrogens with one attached hydrogen (secondary N) is 1. The third-order valence-electron chi connectivity index (χ3n) is 2.29. The maximum absolute atomic E-state index is 11.7. The van der Waals surface area contributed by atoms with Crippen molar-refractivity contribution in [3.05, 3.63) is 41.9 Å². The quantitative estimate of drug-likeness (QED) is 0.557. The average molecular weight is 170 g/mol. The molecule has 0 bridgehead atoms. The number of ketones is 1. The summed E-state index contributed by atoms with van der Waals surface area (Å²) in [7, 11) is 0. The predicted molar refractivity (Wildman–Crippen MR) is 47.5 cm³/mol. The van der Waals surface area contributed by atoms with Gasteiger partial charge in [0.05, 0.1) is 6.33 Å². The molecule has 1 heterocycles. The summed E-state index contributed by atoms with van der Waals surface area (Å²) in [5, 5.41) is 0. The molecule has 0 atom stereocenters. The molecule has 0 fully saturated rings. The van der Waals surface area contributed by atoms with Crippen LogP contribution in [0.3, 0.4) is 0 Å². The molecular weight excluding hydrogens is 164 g/mol. The van der Waals surface area contributed by atoms with E-state index < -0.39 is 0 Å². The first kappa shape index (κ1) is 6.60. The second-order valence-electron chi connectivity index (χ2n) is 3.00. The maximum atomic E-state index is 11.7. The van der Waals surface area contributed by atoms with Gasteiger partial charge in [0.15, 0.2) is 0 Å². The number of H-pyrrole nitrogens is 1. The van der Waals surface area contributed by atoms with Crippen LogP contribution in [-0.4, -0.2) is 15.8 Å². The first-order chi connectivity index (χ1) is 6.38. The molecule has 0 spiro atoms. The molecule has 0 saturated heterocycles. The smallest absolute Gasteiger partial charge is 0.212 e. The lowest BCUT2D eigenvalue weighted by Crippen LogP contribution is -1.95. The Labute approximate surface area is 74.4 Å². The van der Waals surface area contributed by atoms with E-state index in [1.807, 2.05) is 24.3 Å². The second kappa shape index (κ2) is 2.07. The third-order valence-corrected chi connectivity index (χ3v) is 2.29. The number of benzene rings is 1. The predicted octanol–water partition coefficient (Wildman–Crippen LogP) is 1.62. The van der Waals surface area contributed by atoms with Gasteiger partial charge in [-0.05, 0) is 0 Å². The fourth-order valence-corrected chi connectivity index (χ4v) is 1.69. The third kappa shape index (κ3) is 0.685. The van der Waals surface area contributed by atoms with Gasteiger partial charge >= 0.3 is 0 Å². The molecular formula is C10H6N2O. The van der Waals surface area contributed by atoms with Crippen molar-refractivity contribution in [3.8, 4) is 11.3 Å². The molecule has 0 radical (unpaired) electrons. The van der Waals surface area contributed by atoms with E-state index in [0.717, 1.165) is 16.8 Å². The fraction of sp³-hybridized carbons (Fsp3) is 0. The SMILES string of the molecule is O=C1c2ccccc2-c2nc[nH]c21. The highest BCUT2D eigenvalue weighted by Gasteiger charge is 2.28. The lowest BCUT2D eigenvalue weighted by atomic mass is 10.1. The minimum Gasteiger partial charge on any atom is -0.341 e. The van der Waals surface area contributed by atoms with Crippen molar-refractivity contribution in [2.75, 3.05) is 0 Å². The lowest BCUT2D eigenvalue weighted by Gasteiger charge is -1.93. The zero-order valence-electron chi connectivity index (χ0n) is 6.74. The monoisotopic (exact) mass is 170 g/mol. The van der Waals surface area contributed by atoms with E-state index in [2.05, 4.69) is 9.97 Å². The number of nitrogens with zero attached hydrogens (tertiary/aromatic N) is 1. The minimum absolute atomic E-state index is 0.0445. The molecule has 62 valence electrons. The largest absolute Gasteiger partial charge is 0.341 e. The number of carbonyl (C=O) groups excluding carboxylic acids is 1. The van der Waals surface area contributed by atoms with E-state index in [9.17, 15) is 4.79 Å². The summed E-state index contributed by atoms with van der Waals surface area (Å²) in [6.07, 6.45) is 1.55. The van der Waals surface area contributed by atoms with Crippen LogP contribution in [0.5, 0.6) is 0 Å². The summed E-state index contributed by atoms with van der Waals surface area (Å²) in [6.45, 7) is 0. The highest BCUT2D eigenvalue weighted by Crippen LogP contribution is 2.33. The van der Waals surface area contributed by atoms with Crippen LogP contribution in [-0.2, 0) is 0 Å². The van der Waals surface area contributed by atoms with Crippen LogP contribution in [0.25, 0.3) is 11.3 Å². The van der Waals surface area contributed by atoms with Crippen LogP contribution in [0.2, 0.25) is 0 Å². The summed E-state index contributed by atoms with van der Waals surface area (Å²) >= 11 is 0. The Morgan fingerprint density at radius 2 is 1.92 bits per heavy atom. The van der Waals surface area contributed by atoms with Gasteiger partial charge in [-0.25, -0.2) is 4.98 Å². The Kier molecular flexibility index (Phi) is 1.05. The van der Waals surface area contributed by atoms with Crippen molar-refractivity contribution in [2.45, 2.75) is 0 Å². The van der Waals surface area contributed by atoms with Crippen LogP contribution in [0, 0.1) is 0 Å². The van der Waals surface area contributed by atoms with Gasteiger partial charge < -0.3 is 4.98 Å². The Morgan fingerprint density at radius 3 is 2.77 bits per heavy atom. The van der Waals surface area contributed by atoms with Crippen LogP contribution in [0.4, 0.5) is 0 Å². The molecule has 3 rings (SSSR count). The van der Waals surface area contributed by atoms with E-state index in [0.29, 0.717) is 5.69 Å². The highest BCUT2D eigenvalue weighted by atomic mass is 16.1. The number of aromatic amines is 1.